The number of carboxylic acid groups (broad SMARTS) is 1. The van der Waals surface area contributed by atoms with Crippen LogP contribution in [0.4, 0.5) is 10.1 Å². The number of β-amino-alcohol motifs (C(OH)–C–C–N with tert-alkyl or cyclic N) is 1. The van der Waals surface area contributed by atoms with Gasteiger partial charge in [0.25, 0.3) is 0 Å². The van der Waals surface area contributed by atoms with Crippen LogP contribution in [0.3, 0.4) is 0 Å². The summed E-state index contributed by atoms with van der Waals surface area (Å²) in [6.45, 7) is 0.902. The van der Waals surface area contributed by atoms with Crippen LogP contribution in [0.1, 0.15) is 22.5 Å². The summed E-state index contributed by atoms with van der Waals surface area (Å²) >= 11 is 1.15. The molecule has 1 unspecified atom stereocenters. The Bertz CT molecular complexity index is 1170. The van der Waals surface area contributed by atoms with Gasteiger partial charge in [0.15, 0.2) is 11.6 Å². The second kappa shape index (κ2) is 5.18. The molecule has 0 aliphatic carbocycles. The van der Waals surface area contributed by atoms with E-state index in [1.165, 1.54) is 0 Å². The molecular formula is C17H13FN2O5S. The molecule has 0 spiro atoms. The van der Waals surface area contributed by atoms with Crippen molar-refractivity contribution in [2.75, 3.05) is 18.0 Å². The smallest absolute Gasteiger partial charge is 0.342 e. The van der Waals surface area contributed by atoms with E-state index in [9.17, 15) is 24.2 Å². The molecule has 5 rings (SSSR count). The van der Waals surface area contributed by atoms with Gasteiger partial charge in [-0.05, 0) is 12.5 Å². The van der Waals surface area contributed by atoms with Gasteiger partial charge < -0.3 is 19.8 Å². The van der Waals surface area contributed by atoms with Gasteiger partial charge in [0.1, 0.15) is 28.2 Å². The van der Waals surface area contributed by atoms with Crippen molar-refractivity contribution in [1.82, 2.24) is 4.40 Å². The van der Waals surface area contributed by atoms with Gasteiger partial charge in [-0.3, -0.25) is 9.20 Å². The van der Waals surface area contributed by atoms with Crippen LogP contribution in [0.15, 0.2) is 16.2 Å². The van der Waals surface area contributed by atoms with Gasteiger partial charge in [-0.1, -0.05) is 0 Å². The van der Waals surface area contributed by atoms with Gasteiger partial charge in [0, 0.05) is 18.5 Å². The number of anilines is 1. The topological polar surface area (TPSA) is 91.5 Å². The normalized spacial score (nSPS) is 18.8. The third-order valence-corrected chi connectivity index (χ3v) is 5.95. The number of pyridine rings is 1. The number of aromatic carboxylic acids is 1. The quantitative estimate of drug-likeness (QED) is 0.709. The van der Waals surface area contributed by atoms with E-state index >= 15 is 0 Å². The number of hydrogen-bond donors (Lipinski definition) is 2. The first kappa shape index (κ1) is 15.6. The highest BCUT2D eigenvalue weighted by atomic mass is 32.1. The van der Waals surface area contributed by atoms with E-state index < -0.39 is 23.3 Å². The molecule has 0 radical (unpaired) electrons. The van der Waals surface area contributed by atoms with Crippen LogP contribution in [0.25, 0.3) is 15.7 Å². The van der Waals surface area contributed by atoms with Crippen molar-refractivity contribution in [3.8, 4) is 5.75 Å². The highest BCUT2D eigenvalue weighted by Crippen LogP contribution is 2.43. The molecule has 2 aromatic heterocycles. The fraction of sp³-hybridized carbons (Fsp3) is 0.294. The Labute approximate surface area is 149 Å². The summed E-state index contributed by atoms with van der Waals surface area (Å²) < 4.78 is 22.4. The molecule has 0 amide bonds. The maximum absolute atomic E-state index is 14.9. The number of rotatable bonds is 2. The maximum atomic E-state index is 14.9. The summed E-state index contributed by atoms with van der Waals surface area (Å²) in [5, 5.41) is 21.0. The molecule has 2 N–H and O–H groups in total. The van der Waals surface area contributed by atoms with Crippen LogP contribution in [0.2, 0.25) is 0 Å². The van der Waals surface area contributed by atoms with Crippen LogP contribution < -0.4 is 15.1 Å². The number of aliphatic hydroxyl groups is 1. The lowest BCUT2D eigenvalue weighted by molar-refractivity contribution is 0.0697. The number of thiazole rings is 1. The predicted molar refractivity (Wildman–Crippen MR) is 93.1 cm³/mol. The molecule has 3 aromatic rings. The molecule has 134 valence electrons. The first-order chi connectivity index (χ1) is 12.5. The fourth-order valence-electron chi connectivity index (χ4n) is 3.82. The van der Waals surface area contributed by atoms with Gasteiger partial charge >= 0.3 is 5.97 Å². The van der Waals surface area contributed by atoms with Crippen molar-refractivity contribution in [2.24, 2.45) is 0 Å². The number of carboxylic acids is 1. The second-order valence-electron chi connectivity index (χ2n) is 6.49. The number of ether oxygens (including phenoxy) is 1. The number of hydrogen-bond acceptors (Lipinski definition) is 6. The lowest BCUT2D eigenvalue weighted by Gasteiger charge is -2.26. The van der Waals surface area contributed by atoms with Crippen LogP contribution in [0.5, 0.6) is 5.75 Å². The van der Waals surface area contributed by atoms with Crippen molar-refractivity contribution in [3.63, 3.8) is 0 Å². The summed E-state index contributed by atoms with van der Waals surface area (Å²) in [6, 6.07) is 1.08. The van der Waals surface area contributed by atoms with Crippen LogP contribution in [-0.2, 0) is 6.61 Å². The largest absolute Gasteiger partial charge is 0.483 e. The van der Waals surface area contributed by atoms with Crippen molar-refractivity contribution >= 4 is 38.7 Å². The molecule has 7 nitrogen and oxygen atoms in total. The molecule has 26 heavy (non-hydrogen) atoms. The molecule has 1 saturated heterocycles. The van der Waals surface area contributed by atoms with Crippen molar-refractivity contribution < 1.29 is 24.1 Å². The number of nitrogens with zero attached hydrogens (tertiary/aromatic N) is 2. The minimum absolute atomic E-state index is 0.0183. The Morgan fingerprint density at radius 2 is 2.23 bits per heavy atom. The van der Waals surface area contributed by atoms with Gasteiger partial charge in [-0.2, -0.15) is 0 Å². The van der Waals surface area contributed by atoms with Crippen LogP contribution >= 0.6 is 11.3 Å². The van der Waals surface area contributed by atoms with Gasteiger partial charge in [0.05, 0.1) is 17.2 Å². The first-order valence-electron chi connectivity index (χ1n) is 8.07. The number of aromatic nitrogens is 1. The lowest BCUT2D eigenvalue weighted by atomic mass is 10.1. The average Bonchev–Trinajstić information content (AvgIpc) is 3.20. The van der Waals surface area contributed by atoms with E-state index in [4.69, 9.17) is 4.74 Å². The zero-order chi connectivity index (χ0) is 18.2. The minimum atomic E-state index is -1.34. The van der Waals surface area contributed by atoms with Crippen molar-refractivity contribution in [1.29, 1.82) is 0 Å². The summed E-state index contributed by atoms with van der Waals surface area (Å²) in [6.07, 6.45) is -0.0248. The Hall–Kier alpha value is -2.65. The molecular weight excluding hydrogens is 363 g/mol. The molecule has 1 atom stereocenters. The SMILES string of the molecule is O=C(O)c1c(=O)c2cc(F)c(N3CCC(O)C3)c3c2n2c(csc12)CO3. The van der Waals surface area contributed by atoms with E-state index in [-0.39, 0.29) is 35.5 Å². The summed E-state index contributed by atoms with van der Waals surface area (Å²) in [7, 11) is 0. The molecule has 2 aliphatic rings. The van der Waals surface area contributed by atoms with Crippen LogP contribution in [0, 0.1) is 5.82 Å². The second-order valence-corrected chi connectivity index (χ2v) is 7.34. The average molecular weight is 376 g/mol. The molecule has 0 saturated carbocycles. The van der Waals surface area contributed by atoms with E-state index in [0.717, 1.165) is 17.4 Å². The highest BCUT2D eigenvalue weighted by molar-refractivity contribution is 7.16. The van der Waals surface area contributed by atoms with Crippen molar-refractivity contribution in [3.05, 3.63) is 38.7 Å². The van der Waals surface area contributed by atoms with E-state index in [0.29, 0.717) is 29.0 Å². The molecule has 9 heteroatoms. The standard InChI is InChI=1S/C17H13FN2O5S/c18-10-3-9-12-15(13(10)19-2-1-8(21)4-19)25-5-7-6-26-16(20(7)12)11(14(9)22)17(23)24/h3,6,8,21H,1-2,4-5H2,(H,23,24). The van der Waals surface area contributed by atoms with Gasteiger partial charge in [-0.15, -0.1) is 11.3 Å². The molecule has 2 aliphatic heterocycles. The molecule has 1 fully saturated rings. The lowest BCUT2D eigenvalue weighted by Crippen LogP contribution is -2.26. The van der Waals surface area contributed by atoms with Crippen LogP contribution in [-0.4, -0.2) is 39.8 Å². The zero-order valence-corrected chi connectivity index (χ0v) is 14.2. The number of carbonyl (C=O) groups is 1. The Kier molecular flexibility index (Phi) is 3.11. The molecule has 0 bridgehead atoms. The number of aliphatic hydroxyl groups excluding tert-OH is 1. The minimum Gasteiger partial charge on any atom is -0.483 e. The first-order valence-corrected chi connectivity index (χ1v) is 8.95. The summed E-state index contributed by atoms with van der Waals surface area (Å²) in [4.78, 5) is 26.4. The molecule has 1 aromatic carbocycles. The van der Waals surface area contributed by atoms with E-state index in [1.54, 1.807) is 14.7 Å². The number of benzene rings is 1. The summed E-state index contributed by atoms with van der Waals surface area (Å²) in [5.41, 5.74) is 0.228. The monoisotopic (exact) mass is 376 g/mol. The Morgan fingerprint density at radius 3 is 2.92 bits per heavy atom. The summed E-state index contributed by atoms with van der Waals surface area (Å²) in [5.74, 6) is -1.77. The van der Waals surface area contributed by atoms with Gasteiger partial charge in [0.2, 0.25) is 5.43 Å². The van der Waals surface area contributed by atoms with E-state index in [2.05, 4.69) is 0 Å². The van der Waals surface area contributed by atoms with E-state index in [1.807, 2.05) is 0 Å². The van der Waals surface area contributed by atoms with Crippen molar-refractivity contribution in [2.45, 2.75) is 19.1 Å². The van der Waals surface area contributed by atoms with Gasteiger partial charge in [-0.25, -0.2) is 9.18 Å². The zero-order valence-electron chi connectivity index (χ0n) is 13.4. The number of halogens is 1. The predicted octanol–water partition coefficient (Wildman–Crippen LogP) is 1.81. The third-order valence-electron chi connectivity index (χ3n) is 4.95. The fourth-order valence-corrected chi connectivity index (χ4v) is 4.85. The Morgan fingerprint density at radius 1 is 1.42 bits per heavy atom. The maximum Gasteiger partial charge on any atom is 0.342 e. The third kappa shape index (κ3) is 1.89. The molecule has 4 heterocycles. The Balaban J connectivity index is 1.95. The highest BCUT2D eigenvalue weighted by Gasteiger charge is 2.32.